The molecule has 0 aliphatic heterocycles. The van der Waals surface area contributed by atoms with Crippen LogP contribution in [0.1, 0.15) is 13.3 Å². The molecule has 0 unspecified atom stereocenters. The molecule has 0 amide bonds. The molecule has 0 saturated heterocycles. The largest absolute Gasteiger partial charge is 0.384 e. The van der Waals surface area contributed by atoms with E-state index < -0.39 is 10.0 Å². The van der Waals surface area contributed by atoms with Crippen LogP contribution in [0.4, 0.5) is 11.5 Å². The molecule has 20 heavy (non-hydrogen) atoms. The van der Waals surface area contributed by atoms with Crippen molar-refractivity contribution in [1.82, 2.24) is 14.8 Å². The summed E-state index contributed by atoms with van der Waals surface area (Å²) in [5.41, 5.74) is 0.538. The summed E-state index contributed by atoms with van der Waals surface area (Å²) in [6.45, 7) is 2.70. The second kappa shape index (κ2) is 5.91. The summed E-state index contributed by atoms with van der Waals surface area (Å²) in [6, 6.07) is 3.24. The predicted octanol–water partition coefficient (Wildman–Crippen LogP) is 1.44. The molecular weight excluding hydrogens is 278 g/mol. The van der Waals surface area contributed by atoms with Gasteiger partial charge in [0.2, 0.25) is 0 Å². The van der Waals surface area contributed by atoms with Crippen molar-refractivity contribution >= 4 is 21.5 Å². The van der Waals surface area contributed by atoms with Crippen LogP contribution < -0.4 is 10.0 Å². The van der Waals surface area contributed by atoms with E-state index in [9.17, 15) is 8.42 Å². The van der Waals surface area contributed by atoms with Gasteiger partial charge in [-0.25, -0.2) is 8.42 Å². The Morgan fingerprint density at radius 1 is 1.30 bits per heavy atom. The molecule has 0 bridgehead atoms. The van der Waals surface area contributed by atoms with E-state index in [-0.39, 0.29) is 4.90 Å². The summed E-state index contributed by atoms with van der Waals surface area (Å²) < 4.78 is 28.8. The molecule has 0 fully saturated rings. The number of aryl methyl sites for hydroxylation is 1. The molecule has 0 saturated carbocycles. The summed E-state index contributed by atoms with van der Waals surface area (Å²) >= 11 is 0. The third kappa shape index (κ3) is 3.08. The number of hydrogen-bond acceptors (Lipinski definition) is 5. The zero-order chi connectivity index (χ0) is 14.6. The average Bonchev–Trinajstić information content (AvgIpc) is 2.81. The van der Waals surface area contributed by atoms with E-state index in [4.69, 9.17) is 0 Å². The first-order chi connectivity index (χ1) is 9.54. The quantitative estimate of drug-likeness (QED) is 0.841. The van der Waals surface area contributed by atoms with Crippen LogP contribution in [0.2, 0.25) is 0 Å². The van der Waals surface area contributed by atoms with E-state index in [1.807, 2.05) is 6.92 Å². The molecule has 0 atom stereocenters. The van der Waals surface area contributed by atoms with Gasteiger partial charge in [0.25, 0.3) is 10.0 Å². The molecular formula is C12H17N5O2S. The highest BCUT2D eigenvalue weighted by Crippen LogP contribution is 2.22. The van der Waals surface area contributed by atoms with Crippen molar-refractivity contribution in [2.75, 3.05) is 16.6 Å². The van der Waals surface area contributed by atoms with Crippen LogP contribution in [-0.4, -0.2) is 29.7 Å². The number of aromatic nitrogens is 3. The Morgan fingerprint density at radius 3 is 2.75 bits per heavy atom. The Hall–Kier alpha value is -2.09. The van der Waals surface area contributed by atoms with E-state index in [1.54, 1.807) is 25.4 Å². The Bertz CT molecular complexity index is 681. The summed E-state index contributed by atoms with van der Waals surface area (Å²) in [6.07, 6.45) is 5.31. The molecule has 108 valence electrons. The fourth-order valence-electron chi connectivity index (χ4n) is 1.67. The Labute approximate surface area is 118 Å². The summed E-state index contributed by atoms with van der Waals surface area (Å²) in [5, 5.41) is 7.01. The highest BCUT2D eigenvalue weighted by Gasteiger charge is 2.20. The third-order valence-electron chi connectivity index (χ3n) is 2.70. The molecule has 8 heteroatoms. The maximum absolute atomic E-state index is 12.4. The van der Waals surface area contributed by atoms with Crippen molar-refractivity contribution < 1.29 is 8.42 Å². The molecule has 2 aromatic heterocycles. The number of nitrogens with zero attached hydrogens (tertiary/aromatic N) is 3. The fraction of sp³-hybridized carbons (Fsp3) is 0.333. The smallest absolute Gasteiger partial charge is 0.266 e. The Balaban J connectivity index is 2.32. The number of pyridine rings is 1. The molecule has 0 spiro atoms. The standard InChI is InChI=1S/C12H17N5O2S/c1-3-6-14-10-4-7-13-9-11(10)20(18,19)16-12-5-8-15-17(12)2/h4-5,7-9,16H,3,6H2,1-2H3,(H,13,14). The van der Waals surface area contributed by atoms with Gasteiger partial charge in [-0.05, 0) is 12.5 Å². The Morgan fingerprint density at radius 2 is 2.10 bits per heavy atom. The van der Waals surface area contributed by atoms with Crippen molar-refractivity contribution in [2.45, 2.75) is 18.2 Å². The maximum atomic E-state index is 12.4. The lowest BCUT2D eigenvalue weighted by molar-refractivity contribution is 0.600. The second-order valence-electron chi connectivity index (χ2n) is 4.24. The van der Waals surface area contributed by atoms with E-state index >= 15 is 0 Å². The highest BCUT2D eigenvalue weighted by molar-refractivity contribution is 7.92. The average molecular weight is 295 g/mol. The molecule has 2 aromatic rings. The van der Waals surface area contributed by atoms with Gasteiger partial charge in [-0.2, -0.15) is 5.10 Å². The molecule has 0 radical (unpaired) electrons. The van der Waals surface area contributed by atoms with Crippen molar-refractivity contribution in [2.24, 2.45) is 7.05 Å². The molecule has 2 rings (SSSR count). The van der Waals surface area contributed by atoms with Gasteiger partial charge in [-0.1, -0.05) is 6.92 Å². The van der Waals surface area contributed by atoms with Gasteiger partial charge in [0.05, 0.1) is 11.9 Å². The van der Waals surface area contributed by atoms with Crippen LogP contribution in [0.25, 0.3) is 0 Å². The zero-order valence-electron chi connectivity index (χ0n) is 11.4. The van der Waals surface area contributed by atoms with Gasteiger partial charge in [-0.3, -0.25) is 14.4 Å². The minimum atomic E-state index is -3.70. The molecule has 0 aliphatic rings. The highest BCUT2D eigenvalue weighted by atomic mass is 32.2. The first kappa shape index (κ1) is 14.3. The van der Waals surface area contributed by atoms with Crippen LogP contribution in [0.15, 0.2) is 35.6 Å². The lowest BCUT2D eigenvalue weighted by atomic mass is 10.4. The van der Waals surface area contributed by atoms with Crippen LogP contribution in [0.3, 0.4) is 0 Å². The summed E-state index contributed by atoms with van der Waals surface area (Å²) in [5.74, 6) is 0.398. The number of hydrogen-bond donors (Lipinski definition) is 2. The lowest BCUT2D eigenvalue weighted by Crippen LogP contribution is -2.17. The van der Waals surface area contributed by atoms with E-state index in [2.05, 4.69) is 20.1 Å². The van der Waals surface area contributed by atoms with E-state index in [0.717, 1.165) is 6.42 Å². The van der Waals surface area contributed by atoms with Crippen molar-refractivity contribution in [3.63, 3.8) is 0 Å². The van der Waals surface area contributed by atoms with Crippen molar-refractivity contribution in [1.29, 1.82) is 0 Å². The lowest BCUT2D eigenvalue weighted by Gasteiger charge is -2.12. The van der Waals surface area contributed by atoms with Gasteiger partial charge in [0.1, 0.15) is 10.7 Å². The normalized spacial score (nSPS) is 11.3. The van der Waals surface area contributed by atoms with Crippen molar-refractivity contribution in [3.05, 3.63) is 30.7 Å². The maximum Gasteiger partial charge on any atom is 0.266 e. The fourth-order valence-corrected chi connectivity index (χ4v) is 2.88. The molecule has 2 heterocycles. The predicted molar refractivity (Wildman–Crippen MR) is 77.0 cm³/mol. The molecule has 0 aliphatic carbocycles. The summed E-state index contributed by atoms with van der Waals surface area (Å²) in [7, 11) is -2.04. The minimum Gasteiger partial charge on any atom is -0.384 e. The first-order valence-electron chi connectivity index (χ1n) is 6.23. The number of sulfonamides is 1. The topological polar surface area (TPSA) is 88.9 Å². The van der Waals surface area contributed by atoms with Gasteiger partial charge < -0.3 is 5.32 Å². The van der Waals surface area contributed by atoms with Crippen LogP contribution >= 0.6 is 0 Å². The monoisotopic (exact) mass is 295 g/mol. The third-order valence-corrected chi connectivity index (χ3v) is 4.08. The van der Waals surface area contributed by atoms with Crippen LogP contribution in [-0.2, 0) is 17.1 Å². The second-order valence-corrected chi connectivity index (χ2v) is 5.89. The van der Waals surface area contributed by atoms with E-state index in [1.165, 1.54) is 17.1 Å². The SMILES string of the molecule is CCCNc1ccncc1S(=O)(=O)Nc1ccnn1C. The number of nitrogens with one attached hydrogen (secondary N) is 2. The van der Waals surface area contributed by atoms with Gasteiger partial charge >= 0.3 is 0 Å². The van der Waals surface area contributed by atoms with Gasteiger partial charge in [0.15, 0.2) is 0 Å². The summed E-state index contributed by atoms with van der Waals surface area (Å²) in [4.78, 5) is 4.01. The number of rotatable bonds is 6. The van der Waals surface area contributed by atoms with E-state index in [0.29, 0.717) is 18.1 Å². The minimum absolute atomic E-state index is 0.120. The zero-order valence-corrected chi connectivity index (χ0v) is 12.2. The van der Waals surface area contributed by atoms with Crippen molar-refractivity contribution in [3.8, 4) is 0 Å². The van der Waals surface area contributed by atoms with Gasteiger partial charge in [-0.15, -0.1) is 0 Å². The molecule has 2 N–H and O–H groups in total. The first-order valence-corrected chi connectivity index (χ1v) is 7.71. The van der Waals surface area contributed by atoms with Crippen LogP contribution in [0.5, 0.6) is 0 Å². The Kier molecular flexibility index (Phi) is 4.23. The van der Waals surface area contributed by atoms with Crippen LogP contribution in [0, 0.1) is 0 Å². The number of anilines is 2. The molecule has 0 aromatic carbocycles. The van der Waals surface area contributed by atoms with Gasteiger partial charge in [0, 0.05) is 32.1 Å². The molecule has 7 nitrogen and oxygen atoms in total.